The van der Waals surface area contributed by atoms with Gasteiger partial charge in [-0.15, -0.1) is 0 Å². The summed E-state index contributed by atoms with van der Waals surface area (Å²) in [5.41, 5.74) is 7.32. The summed E-state index contributed by atoms with van der Waals surface area (Å²) in [6.07, 6.45) is 14.1. The molecule has 0 aliphatic rings. The monoisotopic (exact) mass is 1450 g/mol. The average molecular weight is 1450 g/mol. The SMILES string of the molecule is O.O.O.O.O.O.O.O.O.O=C([O-])C(=O)[O-].O=C([O-])C(=O)[O-].O=C([O-])C(=O)[O-].O=C([O-])C(=O)[O-].[Cr+4].[Cr+4].[O-2].[O-2].[O-2].[O-2].[OH3+].[OH3+].[V+4].[V+4].c1ccc(-c2ccccn2)nc1.c1ccc(-c2ccccn2)nc1.c1ccc(-c2ccccn2)nc1.c1ccc(-c2ccccn2)nc1. The van der Waals surface area contributed by atoms with Gasteiger partial charge in [0.1, 0.15) is 0 Å². The number of hydrogen-bond donors (Lipinski definition) is 0. The number of carboxylic acid groups (broad SMARTS) is 8. The molecule has 0 atom stereocenters. The first kappa shape index (κ1) is 135. The smallest absolute Gasteiger partial charge is 2.00 e. The number of carbonyl (C=O) groups excluding carboxylic acids is 8. The third kappa shape index (κ3) is 66.4. The summed E-state index contributed by atoms with van der Waals surface area (Å²) in [4.78, 5) is 105. The van der Waals surface area contributed by atoms with Gasteiger partial charge in [0, 0.05) is 49.6 Å². The first-order valence-corrected chi connectivity index (χ1v) is 19.4. The van der Waals surface area contributed by atoms with E-state index in [4.69, 9.17) is 79.2 Å². The van der Waals surface area contributed by atoms with Crippen LogP contribution in [0.2, 0.25) is 0 Å². The van der Waals surface area contributed by atoms with E-state index in [2.05, 4.69) is 39.9 Å². The molecule has 8 aromatic heterocycles. The molecule has 24 N–H and O–H groups in total. The van der Waals surface area contributed by atoms with E-state index in [1.54, 1.807) is 49.6 Å². The van der Waals surface area contributed by atoms with Crippen LogP contribution in [0.25, 0.3) is 45.6 Å². The Morgan fingerprint density at radius 1 is 0.209 bits per heavy atom. The zero-order valence-corrected chi connectivity index (χ0v) is 50.9. The molecule has 0 saturated heterocycles. The number of hydrogen-bond acceptors (Lipinski definition) is 24. The van der Waals surface area contributed by atoms with Crippen LogP contribution in [0.3, 0.4) is 0 Å². The quantitative estimate of drug-likeness (QED) is 0.117. The predicted octanol–water partition coefficient (Wildman–Crippen LogP) is -15.2. The Bertz CT molecular complexity index is 2310. The molecule has 8 heterocycles. The number of rotatable bonds is 4. The summed E-state index contributed by atoms with van der Waals surface area (Å²) >= 11 is 0. The van der Waals surface area contributed by atoms with Crippen LogP contribution in [0.15, 0.2) is 195 Å². The summed E-state index contributed by atoms with van der Waals surface area (Å²) in [5.74, 6) is -17.5. The molecule has 0 bridgehead atoms. The zero-order valence-electron chi connectivity index (χ0n) is 45.6. The Morgan fingerprint density at radius 2 is 0.286 bits per heavy atom. The fourth-order valence-corrected chi connectivity index (χ4v) is 4.11. The average Bonchev–Trinajstić information content (AvgIpc) is 3.42. The Hall–Kier alpha value is -9.41. The molecule has 0 fully saturated rings. The van der Waals surface area contributed by atoms with Crippen molar-refractivity contribution in [2.45, 2.75) is 0 Å². The third-order valence-electron chi connectivity index (χ3n) is 7.04. The van der Waals surface area contributed by atoms with Crippen molar-refractivity contribution in [3.63, 3.8) is 0 Å². The van der Waals surface area contributed by atoms with Crippen molar-refractivity contribution in [3.05, 3.63) is 195 Å². The first-order valence-electron chi connectivity index (χ1n) is 19.4. The summed E-state index contributed by atoms with van der Waals surface area (Å²) in [7, 11) is 0. The van der Waals surface area contributed by atoms with Crippen molar-refractivity contribution in [1.29, 1.82) is 0 Å². The van der Waals surface area contributed by atoms with Crippen molar-refractivity contribution < 1.29 is 233 Å². The van der Waals surface area contributed by atoms with Crippen molar-refractivity contribution in [2.75, 3.05) is 0 Å². The van der Waals surface area contributed by atoms with Crippen molar-refractivity contribution in [1.82, 2.24) is 39.9 Å². The van der Waals surface area contributed by atoms with Gasteiger partial charge >= 0.3 is 71.8 Å². The maximum absolute atomic E-state index is 8.93. The maximum atomic E-state index is 8.93. The van der Waals surface area contributed by atoms with Crippen molar-refractivity contribution >= 4 is 47.8 Å². The minimum Gasteiger partial charge on any atom is -2.00 e. The molecule has 39 nitrogen and oxygen atoms in total. The molecule has 0 saturated carbocycles. The normalized spacial score (nSPS) is 7.03. The van der Waals surface area contributed by atoms with Gasteiger partial charge in [-0.1, -0.05) is 48.5 Å². The third-order valence-corrected chi connectivity index (χ3v) is 7.04. The van der Waals surface area contributed by atoms with Gasteiger partial charge in [-0.05, 0) is 97.1 Å². The number of aliphatic carboxylic acids is 8. The molecule has 43 heteroatoms. The molecule has 494 valence electrons. The van der Waals surface area contributed by atoms with Crippen LogP contribution in [0.4, 0.5) is 0 Å². The van der Waals surface area contributed by atoms with Crippen LogP contribution in [0.1, 0.15) is 0 Å². The fraction of sp³-hybridized carbons (Fsp3) is 0. The Kier molecular flexibility index (Phi) is 123. The van der Waals surface area contributed by atoms with Gasteiger partial charge in [-0.3, -0.25) is 39.9 Å². The van der Waals surface area contributed by atoms with Gasteiger partial charge in [0.25, 0.3) is 0 Å². The van der Waals surface area contributed by atoms with Gasteiger partial charge in [0.15, 0.2) is 0 Å². The van der Waals surface area contributed by atoms with E-state index in [1.165, 1.54) is 0 Å². The van der Waals surface area contributed by atoms with Gasteiger partial charge in [-0.25, -0.2) is 0 Å². The second-order valence-electron chi connectivity index (χ2n) is 12.0. The molecular weight excluding hydrogens is 1390 g/mol. The minimum atomic E-state index is -2.19. The molecule has 0 aliphatic carbocycles. The molecule has 0 aromatic carbocycles. The van der Waals surface area contributed by atoms with Crippen LogP contribution < -0.4 is 40.9 Å². The minimum absolute atomic E-state index is 0. The molecule has 0 spiro atoms. The molecule has 0 aliphatic heterocycles. The summed E-state index contributed by atoms with van der Waals surface area (Å²) in [6, 6.07) is 46.4. The van der Waals surface area contributed by atoms with Crippen LogP contribution in [0.5, 0.6) is 0 Å². The first-order chi connectivity index (χ1) is 34.4. The van der Waals surface area contributed by atoms with E-state index in [-0.39, 0.29) is 154 Å². The van der Waals surface area contributed by atoms with Gasteiger partial charge in [-0.2, -0.15) is 0 Å². The van der Waals surface area contributed by atoms with Crippen molar-refractivity contribution in [2.24, 2.45) is 0 Å². The second-order valence-corrected chi connectivity index (χ2v) is 12.0. The number of nitrogens with zero attached hydrogens (tertiary/aromatic N) is 8. The van der Waals surface area contributed by atoms with Crippen LogP contribution in [-0.4, -0.2) is 137 Å². The van der Waals surface area contributed by atoms with E-state index >= 15 is 0 Å². The molecular formula is C48H56Cr2N8O31V2+2. The molecule has 8 aromatic rings. The van der Waals surface area contributed by atoms with Crippen LogP contribution in [-0.2, 0) is 143 Å². The van der Waals surface area contributed by atoms with E-state index in [9.17, 15) is 0 Å². The number of pyridine rings is 8. The summed E-state index contributed by atoms with van der Waals surface area (Å²) in [5, 5.41) is 71.4. The van der Waals surface area contributed by atoms with Gasteiger partial charge < -0.3 is 161 Å². The van der Waals surface area contributed by atoms with E-state index in [0.29, 0.717) is 0 Å². The Labute approximate surface area is 558 Å². The molecule has 8 rings (SSSR count). The number of carbonyl (C=O) groups is 8. The Balaban J connectivity index is -0.0000000378. The van der Waals surface area contributed by atoms with Gasteiger partial charge in [0.05, 0.1) is 93.3 Å². The summed E-state index contributed by atoms with van der Waals surface area (Å²) in [6.45, 7) is 0. The largest absolute Gasteiger partial charge is 4.00 e. The fourth-order valence-electron chi connectivity index (χ4n) is 4.11. The molecule has 0 amide bonds. The molecule has 0 unspecified atom stereocenters. The van der Waals surface area contributed by atoms with E-state index < -0.39 is 47.8 Å². The van der Waals surface area contributed by atoms with E-state index in [1.807, 2.05) is 146 Å². The molecule has 91 heavy (non-hydrogen) atoms. The predicted molar refractivity (Wildman–Crippen MR) is 275 cm³/mol. The topological polar surface area (TPSA) is 888 Å². The maximum Gasteiger partial charge on any atom is 4.00 e. The van der Waals surface area contributed by atoms with Crippen LogP contribution in [0, 0.1) is 0 Å². The number of carboxylic acids is 8. The molecule has 2 radical (unpaired) electrons. The second kappa shape index (κ2) is 82.7. The van der Waals surface area contributed by atoms with Gasteiger partial charge in [0.2, 0.25) is 0 Å². The zero-order chi connectivity index (χ0) is 53.5. The summed E-state index contributed by atoms with van der Waals surface area (Å²) < 4.78 is 0. The Morgan fingerprint density at radius 3 is 0.330 bits per heavy atom. The standard InChI is InChI=1S/4C10H8N2.4C2H2O4.2Cr.11H2O.4O.2V/c4*1-3-7-11-9(5-1)10-6-2-4-8-12-10;4*3-1(4)2(5)6;;;;;;;;;;;;;;;;;;;/h4*1-8H;4*(H,3,4)(H,5,6);;;11*1H2;;;;;;/q;;;;;;;;2*+4;;;;;;;;;;;;4*-2;2*+4/p-6. The van der Waals surface area contributed by atoms with Crippen LogP contribution >= 0.6 is 0 Å². The number of aromatic nitrogens is 8. The van der Waals surface area contributed by atoms with E-state index in [0.717, 1.165) is 45.6 Å². The van der Waals surface area contributed by atoms with Crippen molar-refractivity contribution in [3.8, 4) is 45.6 Å².